The summed E-state index contributed by atoms with van der Waals surface area (Å²) in [5.41, 5.74) is 17.8. The number of benzene rings is 6. The summed E-state index contributed by atoms with van der Waals surface area (Å²) in [6, 6.07) is 39.3. The number of nitrogens with zero attached hydrogens (tertiary/aromatic N) is 4. The summed E-state index contributed by atoms with van der Waals surface area (Å²) < 4.78 is 15.7. The van der Waals surface area contributed by atoms with Crippen molar-refractivity contribution >= 4 is 67.3 Å². The van der Waals surface area contributed by atoms with E-state index in [0.29, 0.717) is 0 Å². The van der Waals surface area contributed by atoms with Crippen molar-refractivity contribution in [3.05, 3.63) is 202 Å². The predicted molar refractivity (Wildman–Crippen MR) is 318 cm³/mol. The fraction of sp³-hybridized carbons (Fsp3) is 0.324. The van der Waals surface area contributed by atoms with E-state index in [-0.39, 0.29) is 21.7 Å². The molecule has 5 aliphatic rings. The van der Waals surface area contributed by atoms with Crippen molar-refractivity contribution < 1.29 is 18.6 Å². The van der Waals surface area contributed by atoms with Crippen molar-refractivity contribution in [3.8, 4) is 11.5 Å². The Hall–Kier alpha value is -6.89. The van der Waals surface area contributed by atoms with Gasteiger partial charge in [0.15, 0.2) is 11.4 Å². The fourth-order valence-electron chi connectivity index (χ4n) is 13.2. The van der Waals surface area contributed by atoms with Gasteiger partial charge in [-0.25, -0.2) is 0 Å². The number of halogens is 1. The van der Waals surface area contributed by atoms with Crippen LogP contribution in [0.15, 0.2) is 179 Å². The van der Waals surface area contributed by atoms with Crippen LogP contribution >= 0.6 is 11.6 Å². The van der Waals surface area contributed by atoms with Crippen LogP contribution in [-0.2, 0) is 21.7 Å². The number of methoxy groups -OCH3 is 2. The van der Waals surface area contributed by atoms with Gasteiger partial charge < -0.3 is 19.3 Å². The first kappa shape index (κ1) is 51.6. The van der Waals surface area contributed by atoms with Crippen LogP contribution in [0.2, 0.25) is 0 Å². The van der Waals surface area contributed by atoms with Crippen molar-refractivity contribution in [1.29, 1.82) is 0 Å². The lowest BCUT2D eigenvalue weighted by Crippen LogP contribution is -2.27. The number of fused-ring (bicyclic) bond motifs is 8. The van der Waals surface area contributed by atoms with Gasteiger partial charge in [-0.3, -0.25) is 0 Å². The van der Waals surface area contributed by atoms with Gasteiger partial charge in [0.2, 0.25) is 11.4 Å². The molecule has 0 saturated heterocycles. The summed E-state index contributed by atoms with van der Waals surface area (Å²) in [5.74, 6) is 1.80. The highest BCUT2D eigenvalue weighted by atomic mass is 35.5. The van der Waals surface area contributed by atoms with E-state index in [9.17, 15) is 0 Å². The summed E-state index contributed by atoms with van der Waals surface area (Å²) in [7, 11) is 7.72. The van der Waals surface area contributed by atoms with Gasteiger partial charge in [0, 0.05) is 87.6 Å². The van der Waals surface area contributed by atoms with Crippen molar-refractivity contribution in [2.75, 3.05) is 51.2 Å². The van der Waals surface area contributed by atoms with E-state index in [0.717, 1.165) is 42.5 Å². The van der Waals surface area contributed by atoms with Crippen molar-refractivity contribution in [3.63, 3.8) is 0 Å². The second kappa shape index (κ2) is 19.4. The van der Waals surface area contributed by atoms with Gasteiger partial charge >= 0.3 is 0 Å². The van der Waals surface area contributed by atoms with Crippen molar-refractivity contribution in [2.24, 2.45) is 0 Å². The van der Waals surface area contributed by atoms with Crippen LogP contribution in [0.25, 0.3) is 21.5 Å². The summed E-state index contributed by atoms with van der Waals surface area (Å²) in [6.07, 6.45) is 17.8. The van der Waals surface area contributed by atoms with E-state index in [1.54, 1.807) is 14.2 Å². The molecule has 11 rings (SSSR count). The maximum absolute atomic E-state index is 7.13. The average molecular weight is 1020 g/mol. The maximum Gasteiger partial charge on any atom is 0.210 e. The first-order valence-corrected chi connectivity index (χ1v) is 27.2. The molecule has 6 aromatic rings. The minimum absolute atomic E-state index is 0.0962. The maximum atomic E-state index is 7.13. The normalized spacial score (nSPS) is 20.4. The molecule has 0 atom stereocenters. The van der Waals surface area contributed by atoms with Crippen LogP contribution in [-0.4, -0.2) is 62.0 Å². The Morgan fingerprint density at radius 2 is 1.20 bits per heavy atom. The molecule has 75 heavy (non-hydrogen) atoms. The monoisotopic (exact) mass is 1010 g/mol. The number of likely N-dealkylation sites (N-methyl/N-ethyl adjacent to an activating group) is 2. The Kier molecular flexibility index (Phi) is 13.3. The standard InChI is InChI=1S/C41H42ClN2.C27H33N2O2/c1-7-43-33-23-19-27-13-9-11-15-31(27)37(33)40(3,4)35(43)25-21-29-17-18-30(39(29)42)22-26-36-41(5,6)38-32-16-12-10-14-28(32)20-24-34(38)44(36)8-2;1-26(2)20-16-18(30-7)12-14-22(20)28(5)24(26)10-9-11-25-27(3,4)21-17-19(31-8)13-15-23(21)29(25)6/h9-16,19-26H,7-8,17-18H2,1-6H3;9-17H,1-8H3/q2*+1. The zero-order chi connectivity index (χ0) is 53.4. The summed E-state index contributed by atoms with van der Waals surface area (Å²) in [6.45, 7) is 24.9. The van der Waals surface area contributed by atoms with Gasteiger partial charge in [-0.15, -0.1) is 0 Å². The molecule has 4 heterocycles. The van der Waals surface area contributed by atoms with Crippen molar-refractivity contribution in [2.45, 2.75) is 104 Å². The third-order valence-corrected chi connectivity index (χ3v) is 17.7. The third kappa shape index (κ3) is 8.39. The zero-order valence-corrected chi connectivity index (χ0v) is 47.5. The molecule has 0 spiro atoms. The van der Waals surface area contributed by atoms with E-state index in [2.05, 4.69) is 242 Å². The van der Waals surface area contributed by atoms with E-state index in [4.69, 9.17) is 21.1 Å². The molecule has 0 aromatic heterocycles. The molecule has 1 aliphatic carbocycles. The Morgan fingerprint density at radius 3 is 1.87 bits per heavy atom. The smallest absolute Gasteiger partial charge is 0.210 e. The van der Waals surface area contributed by atoms with Crippen LogP contribution in [0, 0.1) is 0 Å². The predicted octanol–water partition coefficient (Wildman–Crippen LogP) is 16.4. The number of anilines is 2. The van der Waals surface area contributed by atoms with E-state index in [1.165, 1.54) is 101 Å². The summed E-state index contributed by atoms with van der Waals surface area (Å²) >= 11 is 7.13. The number of hydrogen-bond acceptors (Lipinski definition) is 4. The molecule has 0 radical (unpaired) electrons. The Balaban J connectivity index is 0.000000182. The molecule has 0 saturated carbocycles. The lowest BCUT2D eigenvalue weighted by Gasteiger charge is -2.26. The molecule has 0 amide bonds. The molecule has 4 aliphatic heterocycles. The molecular weight excluding hydrogens is 940 g/mol. The number of rotatable bonds is 9. The van der Waals surface area contributed by atoms with Gasteiger partial charge in [0.25, 0.3) is 0 Å². The quantitative estimate of drug-likeness (QED) is 0.135. The largest absolute Gasteiger partial charge is 0.497 e. The number of allylic oxidation sites excluding steroid dienone is 12. The van der Waals surface area contributed by atoms with Gasteiger partial charge in [-0.05, 0) is 153 Å². The van der Waals surface area contributed by atoms with Crippen molar-refractivity contribution in [1.82, 2.24) is 0 Å². The SMILES string of the molecule is CCN1C(=CC=C2CCC(C=CC3=[N+](CC)c4ccc5ccccc5c4C3(C)C)=C2Cl)C(C)(C)c2c1ccc1ccccc21.COc1ccc2c(c1)C(C)(C)C(=CC=CC1=[N+](C)c3ccc(OC)cc3C1(C)C)N2C. The topological polar surface area (TPSA) is 31.0 Å². The minimum Gasteiger partial charge on any atom is -0.497 e. The third-order valence-electron chi connectivity index (χ3n) is 17.2. The molecule has 6 nitrogen and oxygen atoms in total. The van der Waals surface area contributed by atoms with Gasteiger partial charge in [0.05, 0.1) is 25.0 Å². The highest BCUT2D eigenvalue weighted by molar-refractivity contribution is 6.33. The lowest BCUT2D eigenvalue weighted by molar-refractivity contribution is -0.433. The minimum atomic E-state index is -0.103. The van der Waals surface area contributed by atoms with E-state index < -0.39 is 0 Å². The molecule has 7 heteroatoms. The number of hydrogen-bond donors (Lipinski definition) is 0. The number of ether oxygens (including phenoxy) is 2. The molecule has 0 fully saturated rings. The molecule has 6 aromatic carbocycles. The van der Waals surface area contributed by atoms with Crippen LogP contribution in [0.1, 0.15) is 104 Å². The average Bonchev–Trinajstić information content (AvgIpc) is 4.07. The molecule has 0 N–H and O–H groups in total. The zero-order valence-electron chi connectivity index (χ0n) is 46.7. The van der Waals surface area contributed by atoms with Crippen LogP contribution in [0.3, 0.4) is 0 Å². The first-order valence-electron chi connectivity index (χ1n) is 26.9. The highest BCUT2D eigenvalue weighted by Crippen LogP contribution is 2.52. The lowest BCUT2D eigenvalue weighted by atomic mass is 9.79. The van der Waals surface area contributed by atoms with Gasteiger partial charge in [-0.1, -0.05) is 112 Å². The second-order valence-electron chi connectivity index (χ2n) is 22.8. The Morgan fingerprint density at radius 1 is 0.587 bits per heavy atom. The molecule has 0 bridgehead atoms. The van der Waals surface area contributed by atoms with Gasteiger partial charge in [0.1, 0.15) is 25.1 Å². The van der Waals surface area contributed by atoms with E-state index >= 15 is 0 Å². The van der Waals surface area contributed by atoms with Gasteiger partial charge in [-0.2, -0.15) is 9.15 Å². The summed E-state index contributed by atoms with van der Waals surface area (Å²) in [5, 5.41) is 6.20. The van der Waals surface area contributed by atoms with Crippen LogP contribution in [0.4, 0.5) is 22.7 Å². The van der Waals surface area contributed by atoms with Crippen LogP contribution < -0.4 is 19.3 Å². The van der Waals surface area contributed by atoms with E-state index in [1.807, 2.05) is 12.1 Å². The Labute approximate surface area is 451 Å². The fourth-order valence-corrected chi connectivity index (χ4v) is 13.5. The van der Waals surface area contributed by atoms with Crippen LogP contribution in [0.5, 0.6) is 11.5 Å². The molecule has 0 unspecified atom stereocenters. The summed E-state index contributed by atoms with van der Waals surface area (Å²) in [4.78, 5) is 4.76. The molecule has 384 valence electrons. The Bertz CT molecular complexity index is 3590. The highest BCUT2D eigenvalue weighted by Gasteiger charge is 2.46. The molecular formula is C68H75ClN4O2+2. The first-order chi connectivity index (χ1) is 35.8. The second-order valence-corrected chi connectivity index (χ2v) is 23.2.